The van der Waals surface area contributed by atoms with Crippen LogP contribution in [0.15, 0.2) is 36.7 Å². The number of fused-ring (bicyclic) bond motifs is 4. The van der Waals surface area contributed by atoms with Gasteiger partial charge in [0.15, 0.2) is 0 Å². The first-order valence-electron chi connectivity index (χ1n) is 11.1. The smallest absolute Gasteiger partial charge is 0.237 e. The van der Waals surface area contributed by atoms with Crippen LogP contribution in [0.2, 0.25) is 0 Å². The minimum absolute atomic E-state index is 0.247. The number of hydrogen-bond acceptors (Lipinski definition) is 5. The number of amides is 1. The van der Waals surface area contributed by atoms with Crippen molar-refractivity contribution in [2.45, 2.75) is 38.5 Å². The molecule has 5 rings (SSSR count). The minimum Gasteiger partial charge on any atom is -0.476 e. The summed E-state index contributed by atoms with van der Waals surface area (Å²) in [6.45, 7) is 6.10. The van der Waals surface area contributed by atoms with Crippen LogP contribution in [0.5, 0.6) is 5.88 Å². The molecule has 1 aromatic carbocycles. The van der Waals surface area contributed by atoms with E-state index in [2.05, 4.69) is 39.6 Å². The molecule has 2 aliphatic rings. The maximum Gasteiger partial charge on any atom is 0.237 e. The maximum atomic E-state index is 13.3. The van der Waals surface area contributed by atoms with E-state index in [-0.39, 0.29) is 11.3 Å². The van der Waals surface area contributed by atoms with E-state index in [0.29, 0.717) is 19.0 Å². The lowest BCUT2D eigenvalue weighted by atomic mass is 9.64. The Labute approximate surface area is 182 Å². The molecule has 3 heterocycles. The van der Waals surface area contributed by atoms with Gasteiger partial charge in [-0.05, 0) is 57.5 Å². The molecule has 3 aromatic rings. The number of pyridine rings is 2. The number of nitrogens with one attached hydrogen (secondary N) is 1. The number of nitrogens with zero attached hydrogens (tertiary/aromatic N) is 3. The zero-order valence-electron chi connectivity index (χ0n) is 18.4. The summed E-state index contributed by atoms with van der Waals surface area (Å²) in [5.74, 6) is 0.913. The molecule has 1 amide bonds. The lowest BCUT2D eigenvalue weighted by molar-refractivity contribution is -0.125. The number of carbonyl (C=O) groups excluding carboxylic acids is 1. The summed E-state index contributed by atoms with van der Waals surface area (Å²) in [7, 11) is 1.90. The van der Waals surface area contributed by atoms with Crippen LogP contribution in [0.25, 0.3) is 22.0 Å². The second-order valence-corrected chi connectivity index (χ2v) is 8.53. The highest BCUT2D eigenvalue weighted by molar-refractivity contribution is 6.13. The molecule has 31 heavy (non-hydrogen) atoms. The Morgan fingerprint density at radius 3 is 2.68 bits per heavy atom. The second-order valence-electron chi connectivity index (χ2n) is 8.53. The van der Waals surface area contributed by atoms with Crippen molar-refractivity contribution in [3.05, 3.63) is 47.8 Å². The Morgan fingerprint density at radius 1 is 1.16 bits per heavy atom. The fraction of sp³-hybridized carbons (Fsp3) is 0.400. The number of aryl methyl sites for hydroxylation is 1. The molecule has 1 saturated carbocycles. The molecule has 0 unspecified atom stereocenters. The summed E-state index contributed by atoms with van der Waals surface area (Å²) in [5, 5.41) is 4.16. The molecule has 1 N–H and O–H groups in total. The van der Waals surface area contributed by atoms with E-state index >= 15 is 0 Å². The Morgan fingerprint density at radius 2 is 2.00 bits per heavy atom. The molecule has 2 aromatic heterocycles. The summed E-state index contributed by atoms with van der Waals surface area (Å²) in [6, 6.07) is 8.44. The highest BCUT2D eigenvalue weighted by Crippen LogP contribution is 2.55. The van der Waals surface area contributed by atoms with Crippen molar-refractivity contribution >= 4 is 22.5 Å². The fourth-order valence-corrected chi connectivity index (χ4v) is 4.97. The largest absolute Gasteiger partial charge is 0.476 e. The summed E-state index contributed by atoms with van der Waals surface area (Å²) in [4.78, 5) is 24.4. The van der Waals surface area contributed by atoms with Gasteiger partial charge in [-0.25, -0.2) is 4.98 Å². The van der Waals surface area contributed by atoms with Crippen molar-refractivity contribution in [2.24, 2.45) is 0 Å². The monoisotopic (exact) mass is 416 g/mol. The topological polar surface area (TPSA) is 67.4 Å². The van der Waals surface area contributed by atoms with Crippen LogP contribution in [0.4, 0.5) is 5.69 Å². The van der Waals surface area contributed by atoms with E-state index in [9.17, 15) is 4.79 Å². The molecule has 6 nitrogen and oxygen atoms in total. The van der Waals surface area contributed by atoms with Crippen LogP contribution < -0.4 is 15.0 Å². The first-order valence-corrected chi connectivity index (χ1v) is 11.1. The second kappa shape index (κ2) is 7.61. The van der Waals surface area contributed by atoms with Crippen LogP contribution >= 0.6 is 0 Å². The number of anilines is 1. The lowest BCUT2D eigenvalue weighted by Crippen LogP contribution is -2.45. The standard InChI is InChI=1S/C25H28N4O2/c1-4-29-21-15-27-20-7-6-17(13-19(20)22(21)25(24(29)30)8-5-9-25)18-12-16(2)23(28-14-18)31-11-10-26-3/h6-7,12-15,26H,4-5,8-11H2,1-3H3. The van der Waals surface area contributed by atoms with Crippen molar-refractivity contribution in [3.8, 4) is 17.0 Å². The fourth-order valence-electron chi connectivity index (χ4n) is 4.97. The summed E-state index contributed by atoms with van der Waals surface area (Å²) < 4.78 is 5.76. The van der Waals surface area contributed by atoms with E-state index in [1.807, 2.05) is 38.2 Å². The van der Waals surface area contributed by atoms with Crippen LogP contribution in [0.1, 0.15) is 37.3 Å². The van der Waals surface area contributed by atoms with Crippen LogP contribution in [0.3, 0.4) is 0 Å². The first kappa shape index (κ1) is 19.9. The molecule has 0 atom stereocenters. The molecule has 0 saturated heterocycles. The summed E-state index contributed by atoms with van der Waals surface area (Å²) in [6.07, 6.45) is 6.71. The summed E-state index contributed by atoms with van der Waals surface area (Å²) in [5.41, 5.74) is 5.87. The van der Waals surface area contributed by atoms with E-state index < -0.39 is 0 Å². The maximum absolute atomic E-state index is 13.3. The van der Waals surface area contributed by atoms with Gasteiger partial charge in [0, 0.05) is 41.4 Å². The number of ether oxygens (including phenoxy) is 1. The van der Waals surface area contributed by atoms with E-state index in [1.54, 1.807) is 0 Å². The highest BCUT2D eigenvalue weighted by Gasteiger charge is 2.55. The SMILES string of the molecule is CCN1C(=O)C2(CCC2)c2c1cnc1ccc(-c3cnc(OCCNC)c(C)c3)cc21. The predicted octanol–water partition coefficient (Wildman–Crippen LogP) is 3.99. The van der Waals surface area contributed by atoms with Gasteiger partial charge in [-0.3, -0.25) is 9.78 Å². The van der Waals surface area contributed by atoms with E-state index in [4.69, 9.17) is 4.74 Å². The van der Waals surface area contributed by atoms with Gasteiger partial charge >= 0.3 is 0 Å². The number of hydrogen-bond donors (Lipinski definition) is 1. The molecule has 0 bridgehead atoms. The highest BCUT2D eigenvalue weighted by atomic mass is 16.5. The van der Waals surface area contributed by atoms with Gasteiger partial charge in [0.05, 0.1) is 22.8 Å². The molecule has 6 heteroatoms. The number of carbonyl (C=O) groups is 1. The Balaban J connectivity index is 1.59. The van der Waals surface area contributed by atoms with E-state index in [0.717, 1.165) is 59.1 Å². The van der Waals surface area contributed by atoms with Gasteiger partial charge < -0.3 is 15.0 Å². The number of aromatic nitrogens is 2. The molecular formula is C25H28N4O2. The van der Waals surface area contributed by atoms with Crippen molar-refractivity contribution in [1.82, 2.24) is 15.3 Å². The molecule has 160 valence electrons. The Hall–Kier alpha value is -2.99. The van der Waals surface area contributed by atoms with Gasteiger partial charge in [-0.2, -0.15) is 0 Å². The molecular weight excluding hydrogens is 388 g/mol. The van der Waals surface area contributed by atoms with Crippen molar-refractivity contribution in [1.29, 1.82) is 0 Å². The van der Waals surface area contributed by atoms with Crippen molar-refractivity contribution in [3.63, 3.8) is 0 Å². The van der Waals surface area contributed by atoms with Gasteiger partial charge in [-0.15, -0.1) is 0 Å². The average molecular weight is 417 g/mol. The third kappa shape index (κ3) is 3.00. The lowest BCUT2D eigenvalue weighted by Gasteiger charge is -2.37. The van der Waals surface area contributed by atoms with Gasteiger partial charge in [-0.1, -0.05) is 12.5 Å². The van der Waals surface area contributed by atoms with Crippen molar-refractivity contribution in [2.75, 3.05) is 31.6 Å². The van der Waals surface area contributed by atoms with Crippen LogP contribution in [-0.2, 0) is 10.2 Å². The average Bonchev–Trinajstić information content (AvgIpc) is 3.02. The molecule has 1 aliphatic heterocycles. The zero-order chi connectivity index (χ0) is 21.6. The number of likely N-dealkylation sites (N-methyl/N-ethyl adjacent to an activating group) is 2. The summed E-state index contributed by atoms with van der Waals surface area (Å²) >= 11 is 0. The van der Waals surface area contributed by atoms with Gasteiger partial charge in [0.25, 0.3) is 0 Å². The van der Waals surface area contributed by atoms with Crippen molar-refractivity contribution < 1.29 is 9.53 Å². The van der Waals surface area contributed by atoms with Crippen LogP contribution in [0, 0.1) is 6.92 Å². The van der Waals surface area contributed by atoms with Gasteiger partial charge in [0.2, 0.25) is 11.8 Å². The third-order valence-electron chi connectivity index (χ3n) is 6.75. The molecule has 0 radical (unpaired) electrons. The normalized spacial score (nSPS) is 16.6. The zero-order valence-corrected chi connectivity index (χ0v) is 18.4. The van der Waals surface area contributed by atoms with E-state index in [1.165, 1.54) is 5.56 Å². The Bertz CT molecular complexity index is 1170. The molecule has 1 fully saturated rings. The molecule has 1 aliphatic carbocycles. The van der Waals surface area contributed by atoms with Gasteiger partial charge in [0.1, 0.15) is 6.61 Å². The van der Waals surface area contributed by atoms with Crippen LogP contribution in [-0.4, -0.2) is 42.6 Å². The predicted molar refractivity (Wildman–Crippen MR) is 123 cm³/mol. The number of rotatable bonds is 6. The minimum atomic E-state index is -0.357. The number of benzene rings is 1. The third-order valence-corrected chi connectivity index (χ3v) is 6.75. The quantitative estimate of drug-likeness (QED) is 0.616. The molecule has 1 spiro atoms. The first-order chi connectivity index (χ1) is 15.1. The Kier molecular flexibility index (Phi) is 4.89.